The lowest BCUT2D eigenvalue weighted by molar-refractivity contribution is -0.274. The molecule has 2 aliphatic rings. The Bertz CT molecular complexity index is 844. The van der Waals surface area contributed by atoms with Crippen LogP contribution in [0.4, 0.5) is 13.2 Å². The molecule has 1 saturated heterocycles. The van der Waals surface area contributed by atoms with E-state index in [2.05, 4.69) is 27.5 Å². The highest BCUT2D eigenvalue weighted by atomic mass is 19.4. The highest BCUT2D eigenvalue weighted by molar-refractivity contribution is 5.40. The minimum atomic E-state index is -4.72. The Morgan fingerprint density at radius 1 is 1.10 bits per heavy atom. The molecule has 0 amide bonds. The molecular formula is C23H27F3N2O2. The molecule has 162 valence electrons. The highest BCUT2D eigenvalue weighted by Crippen LogP contribution is 2.39. The smallest absolute Gasteiger partial charge is 0.496 e. The first kappa shape index (κ1) is 21.0. The van der Waals surface area contributed by atoms with Crippen molar-refractivity contribution in [1.82, 2.24) is 10.6 Å². The van der Waals surface area contributed by atoms with Gasteiger partial charge in [0, 0.05) is 30.2 Å². The van der Waals surface area contributed by atoms with Crippen LogP contribution in [0.25, 0.3) is 0 Å². The molecule has 2 aromatic carbocycles. The fourth-order valence-electron chi connectivity index (χ4n) is 4.90. The summed E-state index contributed by atoms with van der Waals surface area (Å²) in [6.45, 7) is 0.398. The summed E-state index contributed by atoms with van der Waals surface area (Å²) < 4.78 is 47.4. The molecule has 2 bridgehead atoms. The number of nitrogens with one attached hydrogen (secondary N) is 2. The monoisotopic (exact) mass is 420 g/mol. The summed E-state index contributed by atoms with van der Waals surface area (Å²) in [5, 5.41) is 7.42. The molecule has 2 N–H and O–H groups in total. The number of hydrogen-bond acceptors (Lipinski definition) is 4. The normalized spacial score (nSPS) is 26.3. The van der Waals surface area contributed by atoms with Crippen LogP contribution in [-0.4, -0.2) is 25.6 Å². The van der Waals surface area contributed by atoms with Gasteiger partial charge in [-0.05, 0) is 48.9 Å². The number of ether oxygens (including phenoxy) is 2. The number of hydrogen-bond donors (Lipinski definition) is 2. The van der Waals surface area contributed by atoms with Gasteiger partial charge in [0.1, 0.15) is 11.5 Å². The Labute approximate surface area is 174 Å². The van der Waals surface area contributed by atoms with Crippen molar-refractivity contribution < 1.29 is 22.6 Å². The fraction of sp³-hybridized carbons (Fsp3) is 0.478. The number of fused-ring (bicyclic) bond motifs is 2. The van der Waals surface area contributed by atoms with Crippen LogP contribution in [0.5, 0.6) is 11.5 Å². The molecule has 0 aromatic heterocycles. The second-order valence-corrected chi connectivity index (χ2v) is 8.11. The Hall–Kier alpha value is -2.25. The number of alkyl halides is 3. The van der Waals surface area contributed by atoms with E-state index >= 15 is 0 Å². The maximum Gasteiger partial charge on any atom is 0.573 e. The predicted molar refractivity (Wildman–Crippen MR) is 108 cm³/mol. The van der Waals surface area contributed by atoms with Gasteiger partial charge in [0.05, 0.1) is 7.11 Å². The lowest BCUT2D eigenvalue weighted by atomic mass is 9.73. The van der Waals surface area contributed by atoms with E-state index in [9.17, 15) is 13.2 Å². The molecule has 4 unspecified atom stereocenters. The number of rotatable bonds is 6. The van der Waals surface area contributed by atoms with E-state index in [4.69, 9.17) is 4.74 Å². The number of piperidine rings is 1. The van der Waals surface area contributed by atoms with Gasteiger partial charge in [0.2, 0.25) is 0 Å². The van der Waals surface area contributed by atoms with Crippen molar-refractivity contribution in [2.24, 2.45) is 5.92 Å². The summed E-state index contributed by atoms with van der Waals surface area (Å²) in [6.07, 6.45) is -0.0531. The second kappa shape index (κ2) is 8.86. The van der Waals surface area contributed by atoms with Crippen molar-refractivity contribution in [2.75, 3.05) is 7.11 Å². The molecule has 4 nitrogen and oxygen atoms in total. The van der Waals surface area contributed by atoms with Crippen LogP contribution >= 0.6 is 0 Å². The third-order valence-electron chi connectivity index (χ3n) is 6.17. The molecule has 4 atom stereocenters. The number of benzene rings is 2. The van der Waals surface area contributed by atoms with Crippen molar-refractivity contribution >= 4 is 0 Å². The fourth-order valence-corrected chi connectivity index (χ4v) is 4.90. The quantitative estimate of drug-likeness (QED) is 0.694. The lowest BCUT2D eigenvalue weighted by Gasteiger charge is -2.47. The molecular weight excluding hydrogens is 393 g/mol. The molecule has 1 saturated carbocycles. The van der Waals surface area contributed by atoms with Crippen LogP contribution in [0.15, 0.2) is 48.5 Å². The SMILES string of the molecule is COc1ccc(OC(F)(F)F)cc1CNC1C2CCCC(C2)NC1c1ccccc1. The van der Waals surface area contributed by atoms with Crippen LogP contribution in [0, 0.1) is 5.92 Å². The van der Waals surface area contributed by atoms with E-state index in [-0.39, 0.29) is 17.8 Å². The molecule has 2 fully saturated rings. The average molecular weight is 420 g/mol. The molecule has 7 heteroatoms. The summed E-state index contributed by atoms with van der Waals surface area (Å²) >= 11 is 0. The van der Waals surface area contributed by atoms with E-state index in [1.807, 2.05) is 18.2 Å². The van der Waals surface area contributed by atoms with Crippen LogP contribution in [-0.2, 0) is 6.54 Å². The summed E-state index contributed by atoms with van der Waals surface area (Å²) in [7, 11) is 1.52. The first-order valence-electron chi connectivity index (χ1n) is 10.4. The molecule has 0 spiro atoms. The van der Waals surface area contributed by atoms with Gasteiger partial charge in [0.15, 0.2) is 0 Å². The molecule has 1 aliphatic carbocycles. The first-order chi connectivity index (χ1) is 14.4. The van der Waals surface area contributed by atoms with Crippen molar-refractivity contribution in [3.8, 4) is 11.5 Å². The van der Waals surface area contributed by atoms with Crippen LogP contribution in [0.3, 0.4) is 0 Å². The van der Waals surface area contributed by atoms with Gasteiger partial charge in [-0.3, -0.25) is 0 Å². The Morgan fingerprint density at radius 3 is 2.63 bits per heavy atom. The zero-order valence-corrected chi connectivity index (χ0v) is 16.9. The predicted octanol–water partition coefficient (Wildman–Crippen LogP) is 4.96. The van der Waals surface area contributed by atoms with E-state index in [1.165, 1.54) is 43.7 Å². The van der Waals surface area contributed by atoms with Crippen LogP contribution < -0.4 is 20.1 Å². The maximum absolute atomic E-state index is 12.6. The van der Waals surface area contributed by atoms with E-state index in [1.54, 1.807) is 0 Å². The van der Waals surface area contributed by atoms with Gasteiger partial charge in [-0.15, -0.1) is 13.2 Å². The average Bonchev–Trinajstić information content (AvgIpc) is 2.72. The number of halogens is 3. The van der Waals surface area contributed by atoms with Gasteiger partial charge in [0.25, 0.3) is 0 Å². The van der Waals surface area contributed by atoms with E-state index < -0.39 is 6.36 Å². The second-order valence-electron chi connectivity index (χ2n) is 8.11. The van der Waals surface area contributed by atoms with Gasteiger partial charge in [-0.25, -0.2) is 0 Å². The van der Waals surface area contributed by atoms with Crippen LogP contribution in [0.2, 0.25) is 0 Å². The highest BCUT2D eigenvalue weighted by Gasteiger charge is 2.40. The lowest BCUT2D eigenvalue weighted by Crippen LogP contribution is -2.56. The molecule has 1 aliphatic heterocycles. The van der Waals surface area contributed by atoms with Crippen LogP contribution in [0.1, 0.15) is 42.9 Å². The minimum Gasteiger partial charge on any atom is -0.496 e. The zero-order chi connectivity index (χ0) is 21.1. The first-order valence-corrected chi connectivity index (χ1v) is 10.4. The molecule has 4 rings (SSSR count). The summed E-state index contributed by atoms with van der Waals surface area (Å²) in [4.78, 5) is 0. The molecule has 0 radical (unpaired) electrons. The molecule has 2 aromatic rings. The summed E-state index contributed by atoms with van der Waals surface area (Å²) in [5.41, 5.74) is 1.87. The van der Waals surface area contributed by atoms with Crippen molar-refractivity contribution in [3.05, 3.63) is 59.7 Å². The molecule has 30 heavy (non-hydrogen) atoms. The molecule has 1 heterocycles. The minimum absolute atomic E-state index is 0.163. The topological polar surface area (TPSA) is 42.5 Å². The summed E-state index contributed by atoms with van der Waals surface area (Å²) in [6, 6.07) is 15.4. The largest absolute Gasteiger partial charge is 0.573 e. The van der Waals surface area contributed by atoms with Gasteiger partial charge in [-0.2, -0.15) is 0 Å². The van der Waals surface area contributed by atoms with Gasteiger partial charge in [-0.1, -0.05) is 36.8 Å². The number of methoxy groups -OCH3 is 1. The van der Waals surface area contributed by atoms with Gasteiger partial charge >= 0.3 is 6.36 Å². The Morgan fingerprint density at radius 2 is 1.90 bits per heavy atom. The third-order valence-corrected chi connectivity index (χ3v) is 6.17. The van der Waals surface area contributed by atoms with E-state index in [0.29, 0.717) is 29.8 Å². The Balaban J connectivity index is 1.55. The third kappa shape index (κ3) is 4.90. The standard InChI is InChI=1S/C23H27F3N2O2/c1-29-20-11-10-19(30-23(24,25)26)13-17(20)14-27-21-16-8-5-9-18(12-16)28-22(21)15-6-3-2-4-7-15/h2-4,6-7,10-11,13,16,18,21-22,27-28H,5,8-9,12,14H2,1H3. The van der Waals surface area contributed by atoms with Gasteiger partial charge < -0.3 is 20.1 Å². The zero-order valence-electron chi connectivity index (χ0n) is 16.9. The maximum atomic E-state index is 12.6. The Kier molecular flexibility index (Phi) is 6.20. The summed E-state index contributed by atoms with van der Waals surface area (Å²) in [5.74, 6) is 0.827. The van der Waals surface area contributed by atoms with E-state index in [0.717, 1.165) is 12.8 Å². The van der Waals surface area contributed by atoms with Crippen molar-refractivity contribution in [3.63, 3.8) is 0 Å². The van der Waals surface area contributed by atoms with Crippen molar-refractivity contribution in [1.29, 1.82) is 0 Å². The van der Waals surface area contributed by atoms with Crippen molar-refractivity contribution in [2.45, 2.75) is 56.7 Å².